The summed E-state index contributed by atoms with van der Waals surface area (Å²) in [6, 6.07) is 7.55. The zero-order valence-electron chi connectivity index (χ0n) is 12.1. The van der Waals surface area contributed by atoms with Crippen LogP contribution in [0.1, 0.15) is 37.8 Å². The highest BCUT2D eigenvalue weighted by molar-refractivity contribution is 5.34. The topological polar surface area (TPSA) is 61.7 Å². The third-order valence-electron chi connectivity index (χ3n) is 4.33. The molecule has 3 N–H and O–H groups in total. The molecule has 0 amide bonds. The van der Waals surface area contributed by atoms with Crippen LogP contribution in [0.25, 0.3) is 0 Å². The Morgan fingerprint density at radius 3 is 2.60 bits per heavy atom. The van der Waals surface area contributed by atoms with Crippen LogP contribution in [-0.2, 0) is 4.74 Å². The number of hydrogen-bond donors (Lipinski definition) is 3. The molecule has 0 radical (unpaired) electrons. The van der Waals surface area contributed by atoms with E-state index in [4.69, 9.17) is 4.74 Å². The normalized spacial score (nSPS) is 19.7. The minimum absolute atomic E-state index is 0.0872. The van der Waals surface area contributed by atoms with Gasteiger partial charge in [-0.15, -0.1) is 0 Å². The minimum Gasteiger partial charge on any atom is -0.508 e. The monoisotopic (exact) mass is 279 g/mol. The van der Waals surface area contributed by atoms with Crippen molar-refractivity contribution in [3.05, 3.63) is 29.8 Å². The van der Waals surface area contributed by atoms with Crippen molar-refractivity contribution < 1.29 is 14.9 Å². The Balaban J connectivity index is 2.01. The highest BCUT2D eigenvalue weighted by Gasteiger charge is 2.32. The molecule has 4 nitrogen and oxygen atoms in total. The van der Waals surface area contributed by atoms with Crippen LogP contribution in [0.15, 0.2) is 24.3 Å². The largest absolute Gasteiger partial charge is 0.508 e. The van der Waals surface area contributed by atoms with Gasteiger partial charge in [0.05, 0.1) is 6.61 Å². The van der Waals surface area contributed by atoms with E-state index >= 15 is 0 Å². The van der Waals surface area contributed by atoms with Crippen molar-refractivity contribution in [2.24, 2.45) is 5.41 Å². The van der Waals surface area contributed by atoms with Gasteiger partial charge in [-0.1, -0.05) is 25.1 Å². The second-order valence-corrected chi connectivity index (χ2v) is 5.67. The number of ether oxygens (including phenoxy) is 1. The van der Waals surface area contributed by atoms with E-state index in [2.05, 4.69) is 12.2 Å². The predicted molar refractivity (Wildman–Crippen MR) is 78.7 cm³/mol. The van der Waals surface area contributed by atoms with E-state index in [0.717, 1.165) is 44.6 Å². The molecule has 0 spiro atoms. The molecular weight excluding hydrogens is 254 g/mol. The average Bonchev–Trinajstić information content (AvgIpc) is 2.50. The van der Waals surface area contributed by atoms with E-state index in [0.29, 0.717) is 5.75 Å². The number of phenols is 1. The number of benzene rings is 1. The van der Waals surface area contributed by atoms with Gasteiger partial charge in [-0.25, -0.2) is 0 Å². The molecule has 1 aromatic carbocycles. The molecule has 1 saturated heterocycles. The first-order chi connectivity index (χ1) is 9.71. The molecule has 2 rings (SSSR count). The lowest BCUT2D eigenvalue weighted by molar-refractivity contribution is -0.0166. The summed E-state index contributed by atoms with van der Waals surface area (Å²) in [5.41, 5.74) is 0.839. The third kappa shape index (κ3) is 3.51. The van der Waals surface area contributed by atoms with E-state index < -0.39 is 0 Å². The van der Waals surface area contributed by atoms with Gasteiger partial charge >= 0.3 is 0 Å². The van der Waals surface area contributed by atoms with Crippen LogP contribution in [0.5, 0.6) is 5.75 Å². The Hall–Kier alpha value is -1.10. The molecule has 1 aromatic rings. The summed E-state index contributed by atoms with van der Waals surface area (Å²) in [6.07, 6.45) is 2.66. The van der Waals surface area contributed by atoms with Crippen molar-refractivity contribution in [1.29, 1.82) is 0 Å². The summed E-state index contributed by atoms with van der Waals surface area (Å²) >= 11 is 0. The number of aromatic hydroxyl groups is 1. The molecule has 1 fully saturated rings. The van der Waals surface area contributed by atoms with Gasteiger partial charge in [0.25, 0.3) is 0 Å². The Bertz CT molecular complexity index is 416. The number of nitrogens with one attached hydrogen (secondary N) is 1. The van der Waals surface area contributed by atoms with Crippen LogP contribution < -0.4 is 5.32 Å². The third-order valence-corrected chi connectivity index (χ3v) is 4.33. The molecule has 0 unspecified atom stereocenters. The quantitative estimate of drug-likeness (QED) is 0.747. The highest BCUT2D eigenvalue weighted by atomic mass is 16.5. The fraction of sp³-hybridized carbons (Fsp3) is 0.625. The molecule has 4 heteroatoms. The predicted octanol–water partition coefficient (Wildman–Crippen LogP) is 2.22. The van der Waals surface area contributed by atoms with Gasteiger partial charge in [0.15, 0.2) is 0 Å². The zero-order chi connectivity index (χ0) is 14.4. The summed E-state index contributed by atoms with van der Waals surface area (Å²) in [6.45, 7) is 4.46. The standard InChI is InChI=1S/C16H25NO3/c1-2-14(13-5-3-4-6-15(13)19)17-11-16(12-18)7-9-20-10-8-16/h3-6,14,17-19H,2,7-12H2,1H3/t14-/m1/s1. The lowest BCUT2D eigenvalue weighted by atomic mass is 9.80. The second-order valence-electron chi connectivity index (χ2n) is 5.67. The molecule has 0 aliphatic carbocycles. The second kappa shape index (κ2) is 7.07. The zero-order valence-corrected chi connectivity index (χ0v) is 12.1. The van der Waals surface area contributed by atoms with Gasteiger partial charge in [0, 0.05) is 36.8 Å². The van der Waals surface area contributed by atoms with Crippen LogP contribution in [0.2, 0.25) is 0 Å². The van der Waals surface area contributed by atoms with Crippen LogP contribution in [0.3, 0.4) is 0 Å². The van der Waals surface area contributed by atoms with Gasteiger partial charge in [0.1, 0.15) is 5.75 Å². The Kier molecular flexibility index (Phi) is 5.40. The van der Waals surface area contributed by atoms with Crippen molar-refractivity contribution in [3.63, 3.8) is 0 Å². The molecule has 112 valence electrons. The lowest BCUT2D eigenvalue weighted by Crippen LogP contribution is -2.42. The van der Waals surface area contributed by atoms with Gasteiger partial charge < -0.3 is 20.3 Å². The van der Waals surface area contributed by atoms with Crippen LogP contribution in [0, 0.1) is 5.41 Å². The maximum atomic E-state index is 9.96. The van der Waals surface area contributed by atoms with Gasteiger partial charge in [-0.05, 0) is 25.3 Å². The lowest BCUT2D eigenvalue weighted by Gasteiger charge is -2.37. The SMILES string of the molecule is CC[C@@H](NCC1(CO)CCOCC1)c1ccccc1O. The van der Waals surface area contributed by atoms with E-state index in [1.807, 2.05) is 18.2 Å². The van der Waals surface area contributed by atoms with Crippen molar-refractivity contribution >= 4 is 0 Å². The summed E-state index contributed by atoms with van der Waals surface area (Å²) < 4.78 is 5.38. The van der Waals surface area contributed by atoms with Gasteiger partial charge in [-0.3, -0.25) is 0 Å². The summed E-state index contributed by atoms with van der Waals surface area (Å²) in [5.74, 6) is 0.330. The Labute approximate surface area is 120 Å². The van der Waals surface area contributed by atoms with Gasteiger partial charge in [0.2, 0.25) is 0 Å². The highest BCUT2D eigenvalue weighted by Crippen LogP contribution is 2.31. The van der Waals surface area contributed by atoms with Crippen LogP contribution in [0.4, 0.5) is 0 Å². The first-order valence-corrected chi connectivity index (χ1v) is 7.41. The Morgan fingerprint density at radius 2 is 2.00 bits per heavy atom. The van der Waals surface area contributed by atoms with E-state index in [1.165, 1.54) is 0 Å². The minimum atomic E-state index is -0.0872. The van der Waals surface area contributed by atoms with Crippen molar-refractivity contribution in [3.8, 4) is 5.75 Å². The first-order valence-electron chi connectivity index (χ1n) is 7.41. The maximum absolute atomic E-state index is 9.96. The van der Waals surface area contributed by atoms with E-state index in [-0.39, 0.29) is 18.1 Å². The van der Waals surface area contributed by atoms with E-state index in [1.54, 1.807) is 6.07 Å². The number of hydrogen-bond acceptors (Lipinski definition) is 4. The molecule has 1 heterocycles. The van der Waals surface area contributed by atoms with Gasteiger partial charge in [-0.2, -0.15) is 0 Å². The molecule has 1 atom stereocenters. The van der Waals surface area contributed by atoms with Crippen molar-refractivity contribution in [2.45, 2.75) is 32.2 Å². The van der Waals surface area contributed by atoms with Crippen LogP contribution >= 0.6 is 0 Å². The Morgan fingerprint density at radius 1 is 1.30 bits per heavy atom. The average molecular weight is 279 g/mol. The summed E-state index contributed by atoms with van der Waals surface area (Å²) in [4.78, 5) is 0. The number of aliphatic hydroxyl groups is 1. The van der Waals surface area contributed by atoms with Crippen LogP contribution in [-0.4, -0.2) is 36.6 Å². The maximum Gasteiger partial charge on any atom is 0.120 e. The molecule has 0 bridgehead atoms. The number of aliphatic hydroxyl groups excluding tert-OH is 1. The fourth-order valence-electron chi connectivity index (χ4n) is 2.79. The first kappa shape index (κ1) is 15.3. The molecule has 0 saturated carbocycles. The fourth-order valence-corrected chi connectivity index (χ4v) is 2.79. The smallest absolute Gasteiger partial charge is 0.120 e. The summed E-state index contributed by atoms with van der Waals surface area (Å²) in [7, 11) is 0. The van der Waals surface area contributed by atoms with E-state index in [9.17, 15) is 10.2 Å². The molecular formula is C16H25NO3. The molecule has 1 aliphatic rings. The number of phenolic OH excluding ortho intramolecular Hbond substituents is 1. The summed E-state index contributed by atoms with van der Waals surface area (Å²) in [5, 5.41) is 23.2. The van der Waals surface area contributed by atoms with Crippen molar-refractivity contribution in [2.75, 3.05) is 26.4 Å². The molecule has 20 heavy (non-hydrogen) atoms. The van der Waals surface area contributed by atoms with Crippen molar-refractivity contribution in [1.82, 2.24) is 5.32 Å². The number of para-hydroxylation sites is 1. The molecule has 0 aromatic heterocycles. The molecule has 1 aliphatic heterocycles. The number of rotatable bonds is 6.